The lowest BCUT2D eigenvalue weighted by Gasteiger charge is -2.12. The second kappa shape index (κ2) is 3.99. The molecule has 16 heavy (non-hydrogen) atoms. The zero-order valence-electron chi connectivity index (χ0n) is 8.06. The SMILES string of the molecule is COC(=O)c1cc(N)c(F)cc1C(F)(F)F. The van der Waals surface area contributed by atoms with Gasteiger partial charge in [-0.05, 0) is 12.1 Å². The topological polar surface area (TPSA) is 52.3 Å². The molecule has 0 saturated heterocycles. The first-order chi connectivity index (χ1) is 7.27. The van der Waals surface area contributed by atoms with Gasteiger partial charge < -0.3 is 10.5 Å². The Morgan fingerprint density at radius 2 is 1.94 bits per heavy atom. The molecule has 0 fully saturated rings. The number of ether oxygens (including phenoxy) is 1. The third-order valence-corrected chi connectivity index (χ3v) is 1.85. The van der Waals surface area contributed by atoms with Crippen LogP contribution in [0.15, 0.2) is 12.1 Å². The zero-order chi connectivity index (χ0) is 12.5. The third kappa shape index (κ3) is 2.23. The summed E-state index contributed by atoms with van der Waals surface area (Å²) in [6.07, 6.45) is -4.85. The number of hydrogen-bond donors (Lipinski definition) is 1. The molecule has 0 aliphatic rings. The number of alkyl halides is 3. The van der Waals surface area contributed by atoms with Gasteiger partial charge in [0.2, 0.25) is 0 Å². The van der Waals surface area contributed by atoms with Crippen molar-refractivity contribution in [3.05, 3.63) is 29.1 Å². The number of carbonyl (C=O) groups is 1. The molecule has 0 saturated carbocycles. The van der Waals surface area contributed by atoms with Gasteiger partial charge in [-0.3, -0.25) is 0 Å². The number of nitrogens with two attached hydrogens (primary N) is 1. The molecule has 0 aliphatic heterocycles. The van der Waals surface area contributed by atoms with Crippen LogP contribution < -0.4 is 5.73 Å². The zero-order valence-corrected chi connectivity index (χ0v) is 8.06. The molecule has 0 radical (unpaired) electrons. The maximum absolute atomic E-state index is 12.9. The van der Waals surface area contributed by atoms with Gasteiger partial charge in [-0.2, -0.15) is 13.2 Å². The molecule has 0 bridgehead atoms. The average molecular weight is 237 g/mol. The van der Waals surface area contributed by atoms with Crippen LogP contribution in [0.4, 0.5) is 23.2 Å². The quantitative estimate of drug-likeness (QED) is 0.463. The molecule has 3 nitrogen and oxygen atoms in total. The van der Waals surface area contributed by atoms with Crippen molar-refractivity contribution in [2.24, 2.45) is 0 Å². The van der Waals surface area contributed by atoms with Gasteiger partial charge in [-0.15, -0.1) is 0 Å². The van der Waals surface area contributed by atoms with Crippen LogP contribution in [0.1, 0.15) is 15.9 Å². The number of methoxy groups -OCH3 is 1. The molecule has 0 heterocycles. The molecule has 0 aromatic heterocycles. The highest BCUT2D eigenvalue weighted by molar-refractivity contribution is 5.92. The summed E-state index contributed by atoms with van der Waals surface area (Å²) in [7, 11) is 0.919. The van der Waals surface area contributed by atoms with E-state index in [9.17, 15) is 22.4 Å². The van der Waals surface area contributed by atoms with Crippen molar-refractivity contribution in [1.29, 1.82) is 0 Å². The highest BCUT2D eigenvalue weighted by Gasteiger charge is 2.36. The summed E-state index contributed by atoms with van der Waals surface area (Å²) >= 11 is 0. The third-order valence-electron chi connectivity index (χ3n) is 1.85. The Bertz CT molecular complexity index is 428. The minimum Gasteiger partial charge on any atom is -0.465 e. The van der Waals surface area contributed by atoms with E-state index in [0.717, 1.165) is 7.11 Å². The number of carbonyl (C=O) groups excluding carboxylic acids is 1. The Labute approximate surface area is 87.8 Å². The Balaban J connectivity index is 3.45. The van der Waals surface area contributed by atoms with Crippen LogP contribution in [0.3, 0.4) is 0 Å². The molecular weight excluding hydrogens is 230 g/mol. The number of rotatable bonds is 1. The van der Waals surface area contributed by atoms with Crippen LogP contribution in [0.2, 0.25) is 0 Å². The van der Waals surface area contributed by atoms with Crippen molar-refractivity contribution in [2.45, 2.75) is 6.18 Å². The number of anilines is 1. The highest BCUT2D eigenvalue weighted by Crippen LogP contribution is 2.34. The fraction of sp³-hybridized carbons (Fsp3) is 0.222. The molecule has 0 aliphatic carbocycles. The average Bonchev–Trinajstić information content (AvgIpc) is 2.18. The van der Waals surface area contributed by atoms with Gasteiger partial charge in [0.15, 0.2) is 0 Å². The second-order valence-corrected chi connectivity index (χ2v) is 2.91. The normalized spacial score (nSPS) is 11.3. The minimum atomic E-state index is -4.85. The van der Waals surface area contributed by atoms with Crippen LogP contribution in [0.5, 0.6) is 0 Å². The minimum absolute atomic E-state index is 0.168. The lowest BCUT2D eigenvalue weighted by atomic mass is 10.1. The van der Waals surface area contributed by atoms with Crippen LogP contribution in [0.25, 0.3) is 0 Å². The van der Waals surface area contributed by atoms with Gasteiger partial charge >= 0.3 is 12.1 Å². The van der Waals surface area contributed by atoms with Crippen molar-refractivity contribution in [3.63, 3.8) is 0 Å². The molecule has 2 N–H and O–H groups in total. The van der Waals surface area contributed by atoms with Gasteiger partial charge in [0, 0.05) is 0 Å². The summed E-state index contributed by atoms with van der Waals surface area (Å²) in [6, 6.07) is 0.769. The summed E-state index contributed by atoms with van der Waals surface area (Å²) in [5, 5.41) is 0. The molecular formula is C9H7F4NO2. The van der Waals surface area contributed by atoms with Gasteiger partial charge in [0.05, 0.1) is 23.9 Å². The van der Waals surface area contributed by atoms with E-state index in [1.807, 2.05) is 0 Å². The first-order valence-corrected chi connectivity index (χ1v) is 4.02. The number of benzene rings is 1. The predicted octanol–water partition coefficient (Wildman–Crippen LogP) is 2.21. The standard InChI is InChI=1S/C9H7F4NO2/c1-16-8(15)4-2-7(14)6(10)3-5(4)9(11,12)13/h2-3H,14H2,1H3. The molecule has 1 rings (SSSR count). The lowest BCUT2D eigenvalue weighted by molar-refractivity contribution is -0.138. The highest BCUT2D eigenvalue weighted by atomic mass is 19.4. The number of hydrogen-bond acceptors (Lipinski definition) is 3. The van der Waals surface area contributed by atoms with Crippen molar-refractivity contribution < 1.29 is 27.1 Å². The largest absolute Gasteiger partial charge is 0.465 e. The Morgan fingerprint density at radius 3 is 2.38 bits per heavy atom. The summed E-state index contributed by atoms with van der Waals surface area (Å²) in [6.45, 7) is 0. The summed E-state index contributed by atoms with van der Waals surface area (Å²) in [4.78, 5) is 11.0. The summed E-state index contributed by atoms with van der Waals surface area (Å²) < 4.78 is 54.4. The maximum atomic E-state index is 12.9. The Hall–Kier alpha value is -1.79. The number of esters is 1. The van der Waals surface area contributed by atoms with E-state index in [1.54, 1.807) is 0 Å². The van der Waals surface area contributed by atoms with Gasteiger partial charge in [-0.25, -0.2) is 9.18 Å². The van der Waals surface area contributed by atoms with Crippen molar-refractivity contribution in [1.82, 2.24) is 0 Å². The van der Waals surface area contributed by atoms with Crippen LogP contribution in [-0.2, 0) is 10.9 Å². The van der Waals surface area contributed by atoms with Gasteiger partial charge in [0.1, 0.15) is 5.82 Å². The van der Waals surface area contributed by atoms with Crippen molar-refractivity contribution in [2.75, 3.05) is 12.8 Å². The monoisotopic (exact) mass is 237 g/mol. The second-order valence-electron chi connectivity index (χ2n) is 2.91. The predicted molar refractivity (Wildman–Crippen MR) is 47.2 cm³/mol. The van der Waals surface area contributed by atoms with Crippen LogP contribution in [0, 0.1) is 5.82 Å². The fourth-order valence-electron chi connectivity index (χ4n) is 1.10. The molecule has 0 atom stereocenters. The van der Waals surface area contributed by atoms with E-state index >= 15 is 0 Å². The van der Waals surface area contributed by atoms with E-state index in [-0.39, 0.29) is 6.07 Å². The fourth-order valence-corrected chi connectivity index (χ4v) is 1.10. The first kappa shape index (κ1) is 12.3. The summed E-state index contributed by atoms with van der Waals surface area (Å²) in [5.74, 6) is -2.46. The van der Waals surface area contributed by atoms with E-state index in [4.69, 9.17) is 5.73 Å². The van der Waals surface area contributed by atoms with Crippen LogP contribution >= 0.6 is 0 Å². The first-order valence-electron chi connectivity index (χ1n) is 4.02. The van der Waals surface area contributed by atoms with Crippen molar-refractivity contribution in [3.8, 4) is 0 Å². The summed E-state index contributed by atoms with van der Waals surface area (Å²) in [5.41, 5.74) is 2.31. The van der Waals surface area contributed by atoms with Gasteiger partial charge in [-0.1, -0.05) is 0 Å². The van der Waals surface area contributed by atoms with E-state index in [1.165, 1.54) is 0 Å². The van der Waals surface area contributed by atoms with E-state index < -0.39 is 34.8 Å². The molecule has 88 valence electrons. The van der Waals surface area contributed by atoms with E-state index in [2.05, 4.69) is 4.74 Å². The van der Waals surface area contributed by atoms with Crippen molar-refractivity contribution >= 4 is 11.7 Å². The lowest BCUT2D eigenvalue weighted by Crippen LogP contribution is -2.15. The number of nitrogen functional groups attached to an aromatic ring is 1. The van der Waals surface area contributed by atoms with E-state index in [0.29, 0.717) is 6.07 Å². The molecule has 0 amide bonds. The molecule has 7 heteroatoms. The molecule has 0 unspecified atom stereocenters. The molecule has 1 aromatic carbocycles. The van der Waals surface area contributed by atoms with Gasteiger partial charge in [0.25, 0.3) is 0 Å². The Morgan fingerprint density at radius 1 is 1.38 bits per heavy atom. The Kier molecular flexibility index (Phi) is 3.06. The number of halogens is 4. The van der Waals surface area contributed by atoms with Crippen LogP contribution in [-0.4, -0.2) is 13.1 Å². The smallest absolute Gasteiger partial charge is 0.417 e. The molecule has 1 aromatic rings. The maximum Gasteiger partial charge on any atom is 0.417 e. The molecule has 0 spiro atoms.